The highest BCUT2D eigenvalue weighted by molar-refractivity contribution is 9.10. The van der Waals surface area contributed by atoms with Crippen molar-refractivity contribution < 1.29 is 0 Å². The molecule has 0 N–H and O–H groups in total. The molecule has 5 aromatic heterocycles. The van der Waals surface area contributed by atoms with E-state index in [2.05, 4.69) is 393 Å². The average molecular weight is 1550 g/mol. The van der Waals surface area contributed by atoms with E-state index in [-0.39, 0.29) is 0 Å². The van der Waals surface area contributed by atoms with Crippen LogP contribution in [-0.4, -0.2) is 29.1 Å². The van der Waals surface area contributed by atoms with Crippen molar-refractivity contribution in [1.29, 1.82) is 0 Å². The Balaban J connectivity index is 0.000000116. The van der Waals surface area contributed by atoms with Gasteiger partial charge in [-0.25, -0.2) is 19.9 Å². The molecular formula is C101H62Br2N6S. The standard InChI is InChI=1S/C48H29N3S.C36H22BrN3.C17H11Br/c1-2-10-30(11-3-1)31-18-20-32(21-19-31)47-38-13-4-7-15-41(38)49-48(50-47)51-42-16-8-5-14-39(42)46-36-25-22-33(28-35(36)23-26-43(46)51)34-24-27-45-40(29-34)37-12-6-9-17-44(37)52-45;37-27-19-20-28-26(22-27)18-21-33-34(28)30-11-5-7-13-32(30)40(33)36-38-31-12-6-4-10-29(31)35(39-36)25-16-14-24(15-17-25)23-8-2-1-3-9-23;18-14-7-8-16-12(10-14)5-6-13-9-11-3-1-2-4-15(11)17(13)16/h1-29H;1-22H;1-8,10H,9H2. The topological polar surface area (TPSA) is 61.4 Å². The van der Waals surface area contributed by atoms with Gasteiger partial charge in [-0.15, -0.1) is 11.3 Å². The smallest absolute Gasteiger partial charge is 0.235 e. The molecule has 0 fully saturated rings. The van der Waals surface area contributed by atoms with E-state index in [1.165, 1.54) is 130 Å². The maximum absolute atomic E-state index is 5.34. The molecule has 0 radical (unpaired) electrons. The number of nitrogens with zero attached hydrogens (tertiary/aromatic N) is 6. The van der Waals surface area contributed by atoms with Gasteiger partial charge in [-0.1, -0.05) is 311 Å². The Bertz CT molecular complexity index is 7450. The molecule has 23 rings (SSSR count). The highest BCUT2D eigenvalue weighted by atomic mass is 79.9. The number of rotatable bonds is 7. The van der Waals surface area contributed by atoms with E-state index in [0.29, 0.717) is 11.9 Å². The van der Waals surface area contributed by atoms with E-state index in [0.717, 1.165) is 81.8 Å². The Hall–Kier alpha value is -13.0. The van der Waals surface area contributed by atoms with Crippen LogP contribution in [0.15, 0.2) is 373 Å². The van der Waals surface area contributed by atoms with Gasteiger partial charge in [0.15, 0.2) is 0 Å². The number of thiophene rings is 1. The van der Waals surface area contributed by atoms with E-state index in [4.69, 9.17) is 19.9 Å². The zero-order valence-corrected chi connectivity index (χ0v) is 63.2. The molecule has 0 atom stereocenters. The average Bonchev–Trinajstić information content (AvgIpc) is 1.56. The van der Waals surface area contributed by atoms with Crippen LogP contribution in [0.4, 0.5) is 0 Å². The lowest BCUT2D eigenvalue weighted by molar-refractivity contribution is 1.01. The summed E-state index contributed by atoms with van der Waals surface area (Å²) in [6, 6.07) is 130. The normalized spacial score (nSPS) is 11.9. The molecular weight excluding hydrogens is 1490 g/mol. The lowest BCUT2D eigenvalue weighted by atomic mass is 9.97. The minimum Gasteiger partial charge on any atom is -0.278 e. The highest BCUT2D eigenvalue weighted by Crippen LogP contribution is 2.45. The number of para-hydroxylation sites is 4. The van der Waals surface area contributed by atoms with Gasteiger partial charge in [0, 0.05) is 72.6 Å². The van der Waals surface area contributed by atoms with Crippen molar-refractivity contribution in [3.8, 4) is 78.9 Å². The first-order valence-electron chi connectivity index (χ1n) is 37.0. The van der Waals surface area contributed by atoms with Crippen molar-refractivity contribution in [2.75, 3.05) is 0 Å². The number of halogens is 2. The van der Waals surface area contributed by atoms with E-state index >= 15 is 0 Å². The van der Waals surface area contributed by atoms with Crippen molar-refractivity contribution in [2.45, 2.75) is 6.42 Å². The fourth-order valence-corrected chi connectivity index (χ4v) is 18.5. The molecule has 22 aromatic rings. The number of fused-ring (bicyclic) bond motifs is 20. The lowest BCUT2D eigenvalue weighted by Crippen LogP contribution is -2.03. The van der Waals surface area contributed by atoms with Crippen LogP contribution < -0.4 is 0 Å². The Kier molecular flexibility index (Phi) is 16.0. The molecule has 0 bridgehead atoms. The van der Waals surface area contributed by atoms with Gasteiger partial charge in [0.2, 0.25) is 11.9 Å². The first kappa shape index (κ1) is 65.3. The van der Waals surface area contributed by atoms with E-state index < -0.39 is 0 Å². The van der Waals surface area contributed by atoms with Crippen LogP contribution in [0.5, 0.6) is 0 Å². The maximum Gasteiger partial charge on any atom is 0.235 e. The van der Waals surface area contributed by atoms with Crippen molar-refractivity contribution in [3.63, 3.8) is 0 Å². The van der Waals surface area contributed by atoms with Gasteiger partial charge in [-0.3, -0.25) is 9.13 Å². The third kappa shape index (κ3) is 11.3. The second-order valence-corrected chi connectivity index (χ2v) is 31.1. The second kappa shape index (κ2) is 27.0. The molecule has 6 nitrogen and oxygen atoms in total. The fraction of sp³-hybridized carbons (Fsp3) is 0.00990. The van der Waals surface area contributed by atoms with Crippen molar-refractivity contribution in [1.82, 2.24) is 29.1 Å². The Labute approximate surface area is 654 Å². The van der Waals surface area contributed by atoms with Crippen LogP contribution in [-0.2, 0) is 6.42 Å². The Morgan fingerprint density at radius 3 is 1.26 bits per heavy atom. The third-order valence-corrected chi connectivity index (χ3v) is 24.0. The number of aromatic nitrogens is 6. The summed E-state index contributed by atoms with van der Waals surface area (Å²) >= 11 is 9.04. The van der Waals surface area contributed by atoms with Crippen molar-refractivity contribution in [2.24, 2.45) is 0 Å². The van der Waals surface area contributed by atoms with Crippen LogP contribution >= 0.6 is 43.2 Å². The first-order valence-corrected chi connectivity index (χ1v) is 39.4. The molecule has 0 amide bonds. The van der Waals surface area contributed by atoms with Gasteiger partial charge >= 0.3 is 0 Å². The van der Waals surface area contributed by atoms with Gasteiger partial charge in [0.1, 0.15) is 0 Å². The summed E-state index contributed by atoms with van der Waals surface area (Å²) in [5, 5.41) is 17.0. The Morgan fingerprint density at radius 2 is 0.673 bits per heavy atom. The minimum atomic E-state index is 0.666. The van der Waals surface area contributed by atoms with Crippen LogP contribution in [0.3, 0.4) is 0 Å². The molecule has 5 heterocycles. The second-order valence-electron chi connectivity index (χ2n) is 28.2. The molecule has 1 aliphatic rings. The molecule has 110 heavy (non-hydrogen) atoms. The molecule has 0 aliphatic heterocycles. The van der Waals surface area contributed by atoms with E-state index in [9.17, 15) is 0 Å². The van der Waals surface area contributed by atoms with Gasteiger partial charge in [-0.05, 0) is 179 Å². The summed E-state index contributed by atoms with van der Waals surface area (Å²) < 4.78 is 9.31. The van der Waals surface area contributed by atoms with Gasteiger partial charge in [0.05, 0.1) is 44.5 Å². The van der Waals surface area contributed by atoms with E-state index in [1.807, 2.05) is 23.5 Å². The molecule has 0 saturated carbocycles. The number of benzene rings is 17. The monoisotopic (exact) mass is 1550 g/mol. The summed E-state index contributed by atoms with van der Waals surface area (Å²) in [5.74, 6) is 1.34. The molecule has 9 heteroatoms. The van der Waals surface area contributed by atoms with E-state index in [1.54, 1.807) is 0 Å². The summed E-state index contributed by atoms with van der Waals surface area (Å²) in [5.41, 5.74) is 23.1. The van der Waals surface area contributed by atoms with Crippen LogP contribution in [0.1, 0.15) is 11.1 Å². The molecule has 17 aromatic carbocycles. The maximum atomic E-state index is 5.34. The van der Waals surface area contributed by atoms with Crippen LogP contribution in [0, 0.1) is 0 Å². The zero-order chi connectivity index (χ0) is 72.9. The number of hydrogen-bond donors (Lipinski definition) is 0. The SMILES string of the molecule is Brc1ccc2c(ccc3c2c2ccccc2n3-c2nc(-c3ccc(-c4ccccc4)cc3)c3ccccc3n2)c1.Brc1ccc2c3c(ccc2c1)Cc1ccccc1-3.c1ccc(-c2ccc(-c3nc(-n4c5ccccc5c5c6ccc(-c7ccc8sc9ccccc9c8c7)cc6ccc54)nc4ccccc34)cc2)cc1. The predicted octanol–water partition coefficient (Wildman–Crippen LogP) is 28.4. The van der Waals surface area contributed by atoms with Gasteiger partial charge in [0.25, 0.3) is 0 Å². The zero-order valence-electron chi connectivity index (χ0n) is 59.2. The predicted molar refractivity (Wildman–Crippen MR) is 470 cm³/mol. The van der Waals surface area contributed by atoms with Crippen LogP contribution in [0.2, 0.25) is 0 Å². The van der Waals surface area contributed by atoms with Crippen LogP contribution in [0.25, 0.3) is 197 Å². The first-order chi connectivity index (χ1) is 54.3. The highest BCUT2D eigenvalue weighted by Gasteiger charge is 2.24. The lowest BCUT2D eigenvalue weighted by Gasteiger charge is -2.12. The minimum absolute atomic E-state index is 0.666. The molecule has 516 valence electrons. The van der Waals surface area contributed by atoms with Crippen molar-refractivity contribution in [3.05, 3.63) is 384 Å². The molecule has 0 unspecified atom stereocenters. The Morgan fingerprint density at radius 1 is 0.255 bits per heavy atom. The quantitative estimate of drug-likeness (QED) is 0.160. The van der Waals surface area contributed by atoms with Gasteiger partial charge in [-0.2, -0.15) is 0 Å². The molecule has 0 spiro atoms. The number of hydrogen-bond acceptors (Lipinski definition) is 5. The summed E-state index contributed by atoms with van der Waals surface area (Å²) in [7, 11) is 0. The van der Waals surface area contributed by atoms with Crippen molar-refractivity contribution >= 4 is 161 Å². The largest absolute Gasteiger partial charge is 0.278 e. The van der Waals surface area contributed by atoms with Gasteiger partial charge < -0.3 is 0 Å². The summed E-state index contributed by atoms with van der Waals surface area (Å²) in [6.45, 7) is 0. The third-order valence-electron chi connectivity index (χ3n) is 21.8. The summed E-state index contributed by atoms with van der Waals surface area (Å²) in [6.07, 6.45) is 1.07. The fourth-order valence-electron chi connectivity index (χ4n) is 16.7. The molecule has 0 saturated heterocycles. The molecule has 1 aliphatic carbocycles. The summed E-state index contributed by atoms with van der Waals surface area (Å²) in [4.78, 5) is 20.9.